The van der Waals surface area contributed by atoms with Gasteiger partial charge in [-0.2, -0.15) is 0 Å². The van der Waals surface area contributed by atoms with Crippen molar-refractivity contribution in [3.8, 4) is 0 Å². The molecule has 20 heavy (non-hydrogen) atoms. The highest BCUT2D eigenvalue weighted by Gasteiger charge is 2.20. The van der Waals surface area contributed by atoms with Gasteiger partial charge < -0.3 is 15.4 Å². The molecule has 0 aromatic rings. The van der Waals surface area contributed by atoms with Crippen LogP contribution < -0.4 is 10.6 Å². The molecule has 0 aromatic carbocycles. The van der Waals surface area contributed by atoms with Crippen LogP contribution in [0, 0.1) is 0 Å². The van der Waals surface area contributed by atoms with Gasteiger partial charge in [-0.25, -0.2) is 0 Å². The van der Waals surface area contributed by atoms with E-state index in [4.69, 9.17) is 4.74 Å². The normalized spacial score (nSPS) is 26.3. The van der Waals surface area contributed by atoms with Gasteiger partial charge in [0, 0.05) is 25.7 Å². The van der Waals surface area contributed by atoms with E-state index >= 15 is 0 Å². The van der Waals surface area contributed by atoms with Crippen molar-refractivity contribution < 1.29 is 9.53 Å². The Hall–Kier alpha value is -0.650. The van der Waals surface area contributed by atoms with Gasteiger partial charge in [0.1, 0.15) is 0 Å². The highest BCUT2D eigenvalue weighted by molar-refractivity contribution is 5.78. The Kier molecular flexibility index (Phi) is 6.76. The first-order chi connectivity index (χ1) is 9.78. The average molecular weight is 283 g/mol. The Labute approximate surface area is 122 Å². The maximum atomic E-state index is 12.0. The third-order valence-corrected chi connectivity index (χ3v) is 4.10. The van der Waals surface area contributed by atoms with Crippen LogP contribution in [0.4, 0.5) is 0 Å². The van der Waals surface area contributed by atoms with E-state index in [1.54, 1.807) is 0 Å². The molecule has 0 aromatic heterocycles. The van der Waals surface area contributed by atoms with E-state index in [9.17, 15) is 4.79 Å². The predicted molar refractivity (Wildman–Crippen MR) is 79.7 cm³/mol. The SMILES string of the molecule is CCCN(CC(=O)NCC1CCCO1)CC1CCCN1. The summed E-state index contributed by atoms with van der Waals surface area (Å²) < 4.78 is 5.53. The number of carbonyl (C=O) groups excluding carboxylic acids is 1. The molecule has 0 spiro atoms. The molecule has 0 saturated carbocycles. The van der Waals surface area contributed by atoms with E-state index in [0.29, 0.717) is 19.1 Å². The Morgan fingerprint density at radius 1 is 1.40 bits per heavy atom. The summed E-state index contributed by atoms with van der Waals surface area (Å²) in [4.78, 5) is 14.3. The van der Waals surface area contributed by atoms with Crippen LogP contribution in [-0.2, 0) is 9.53 Å². The summed E-state index contributed by atoms with van der Waals surface area (Å²) in [7, 11) is 0. The number of ether oxygens (including phenoxy) is 1. The summed E-state index contributed by atoms with van der Waals surface area (Å²) in [5.41, 5.74) is 0. The molecular formula is C15H29N3O2. The molecule has 2 fully saturated rings. The first-order valence-corrected chi connectivity index (χ1v) is 8.12. The van der Waals surface area contributed by atoms with Crippen molar-refractivity contribution in [1.82, 2.24) is 15.5 Å². The average Bonchev–Trinajstić information content (AvgIpc) is 3.09. The zero-order valence-electron chi connectivity index (χ0n) is 12.7. The lowest BCUT2D eigenvalue weighted by Gasteiger charge is -2.24. The first-order valence-electron chi connectivity index (χ1n) is 8.12. The van der Waals surface area contributed by atoms with Crippen molar-refractivity contribution in [3.05, 3.63) is 0 Å². The Morgan fingerprint density at radius 3 is 2.95 bits per heavy atom. The first kappa shape index (κ1) is 15.7. The highest BCUT2D eigenvalue weighted by Crippen LogP contribution is 2.10. The standard InChI is InChI=1S/C15H29N3O2/c1-2-8-18(11-13-5-3-7-16-13)12-15(19)17-10-14-6-4-9-20-14/h13-14,16H,2-12H2,1H3,(H,17,19). The molecule has 5 nitrogen and oxygen atoms in total. The molecule has 1 amide bonds. The maximum Gasteiger partial charge on any atom is 0.234 e. The molecular weight excluding hydrogens is 254 g/mol. The molecule has 2 aliphatic rings. The molecule has 2 rings (SSSR count). The summed E-state index contributed by atoms with van der Waals surface area (Å²) in [5.74, 6) is 0.131. The largest absolute Gasteiger partial charge is 0.376 e. The topological polar surface area (TPSA) is 53.6 Å². The van der Waals surface area contributed by atoms with E-state index in [-0.39, 0.29) is 12.0 Å². The quantitative estimate of drug-likeness (QED) is 0.690. The minimum Gasteiger partial charge on any atom is -0.376 e. The van der Waals surface area contributed by atoms with Crippen molar-refractivity contribution in [1.29, 1.82) is 0 Å². The van der Waals surface area contributed by atoms with Crippen molar-refractivity contribution in [2.24, 2.45) is 0 Å². The summed E-state index contributed by atoms with van der Waals surface area (Å²) >= 11 is 0. The molecule has 2 N–H and O–H groups in total. The molecule has 0 radical (unpaired) electrons. The highest BCUT2D eigenvalue weighted by atomic mass is 16.5. The van der Waals surface area contributed by atoms with Crippen molar-refractivity contribution >= 4 is 5.91 Å². The van der Waals surface area contributed by atoms with E-state index in [2.05, 4.69) is 22.5 Å². The molecule has 0 bridgehead atoms. The fourth-order valence-corrected chi connectivity index (χ4v) is 3.07. The van der Waals surface area contributed by atoms with Crippen LogP contribution in [-0.4, -0.2) is 62.3 Å². The van der Waals surface area contributed by atoms with Crippen LogP contribution in [0.2, 0.25) is 0 Å². The van der Waals surface area contributed by atoms with Crippen molar-refractivity contribution in [3.63, 3.8) is 0 Å². The number of hydrogen-bond acceptors (Lipinski definition) is 4. The van der Waals surface area contributed by atoms with E-state index in [1.165, 1.54) is 12.8 Å². The zero-order valence-corrected chi connectivity index (χ0v) is 12.7. The minimum atomic E-state index is 0.131. The number of carbonyl (C=O) groups is 1. The van der Waals surface area contributed by atoms with Crippen LogP contribution in [0.15, 0.2) is 0 Å². The summed E-state index contributed by atoms with van der Waals surface area (Å²) in [6.45, 7) is 7.29. The van der Waals surface area contributed by atoms with Gasteiger partial charge in [-0.1, -0.05) is 6.92 Å². The van der Waals surface area contributed by atoms with Gasteiger partial charge in [0.05, 0.1) is 12.6 Å². The second-order valence-corrected chi connectivity index (χ2v) is 5.97. The van der Waals surface area contributed by atoms with Crippen LogP contribution in [0.25, 0.3) is 0 Å². The number of hydrogen-bond donors (Lipinski definition) is 2. The predicted octanol–water partition coefficient (Wildman–Crippen LogP) is 0.746. The molecule has 2 saturated heterocycles. The molecule has 2 heterocycles. The van der Waals surface area contributed by atoms with Gasteiger partial charge in [0.25, 0.3) is 0 Å². The Morgan fingerprint density at radius 2 is 2.30 bits per heavy atom. The molecule has 2 unspecified atom stereocenters. The van der Waals surface area contributed by atoms with E-state index in [1.807, 2.05) is 0 Å². The second-order valence-electron chi connectivity index (χ2n) is 5.97. The van der Waals surface area contributed by atoms with Crippen molar-refractivity contribution in [2.45, 2.75) is 51.2 Å². The molecule has 0 aliphatic carbocycles. The third-order valence-electron chi connectivity index (χ3n) is 4.10. The summed E-state index contributed by atoms with van der Waals surface area (Å²) in [6, 6.07) is 0.563. The minimum absolute atomic E-state index is 0.131. The lowest BCUT2D eigenvalue weighted by atomic mass is 10.2. The van der Waals surface area contributed by atoms with Gasteiger partial charge >= 0.3 is 0 Å². The maximum absolute atomic E-state index is 12.0. The number of rotatable bonds is 8. The third kappa shape index (κ3) is 5.38. The van der Waals surface area contributed by atoms with Crippen LogP contribution in [0.3, 0.4) is 0 Å². The molecule has 2 aliphatic heterocycles. The van der Waals surface area contributed by atoms with E-state index < -0.39 is 0 Å². The monoisotopic (exact) mass is 283 g/mol. The lowest BCUT2D eigenvalue weighted by Crippen LogP contribution is -2.44. The Balaban J connectivity index is 1.67. The van der Waals surface area contributed by atoms with E-state index in [0.717, 1.165) is 45.5 Å². The lowest BCUT2D eigenvalue weighted by molar-refractivity contribution is -0.122. The molecule has 116 valence electrons. The van der Waals surface area contributed by atoms with Crippen molar-refractivity contribution in [2.75, 3.05) is 39.3 Å². The summed E-state index contributed by atoms with van der Waals surface area (Å²) in [5, 5.41) is 6.51. The zero-order chi connectivity index (χ0) is 14.2. The van der Waals surface area contributed by atoms with Crippen LogP contribution in [0.1, 0.15) is 39.0 Å². The van der Waals surface area contributed by atoms with Gasteiger partial charge in [-0.3, -0.25) is 9.69 Å². The van der Waals surface area contributed by atoms with Crippen LogP contribution >= 0.6 is 0 Å². The number of nitrogens with one attached hydrogen (secondary N) is 2. The Bertz CT molecular complexity index is 287. The summed E-state index contributed by atoms with van der Waals surface area (Å²) in [6.07, 6.45) is 6.01. The van der Waals surface area contributed by atoms with Gasteiger partial charge in [0.15, 0.2) is 0 Å². The second kappa shape index (κ2) is 8.60. The van der Waals surface area contributed by atoms with Gasteiger partial charge in [-0.15, -0.1) is 0 Å². The number of amides is 1. The number of nitrogens with zero attached hydrogens (tertiary/aromatic N) is 1. The van der Waals surface area contributed by atoms with Crippen LogP contribution in [0.5, 0.6) is 0 Å². The van der Waals surface area contributed by atoms with Gasteiger partial charge in [0.2, 0.25) is 5.91 Å². The van der Waals surface area contributed by atoms with Gasteiger partial charge in [-0.05, 0) is 45.2 Å². The smallest absolute Gasteiger partial charge is 0.234 e. The fourth-order valence-electron chi connectivity index (χ4n) is 3.07. The molecule has 2 atom stereocenters. The fraction of sp³-hybridized carbons (Fsp3) is 0.933. The molecule has 5 heteroatoms.